The monoisotopic (exact) mass is 254 g/mol. The summed E-state index contributed by atoms with van der Waals surface area (Å²) in [6.45, 7) is 0.329. The van der Waals surface area contributed by atoms with Crippen molar-refractivity contribution in [2.45, 2.75) is 0 Å². The number of esters is 1. The van der Waals surface area contributed by atoms with E-state index in [4.69, 9.17) is 15.2 Å². The Morgan fingerprint density at radius 3 is 2.78 bits per heavy atom. The number of carbonyl (C=O) groups excluding carboxylic acids is 2. The number of nitrogens with zero attached hydrogens (tertiary/aromatic N) is 2. The number of anilines is 1. The van der Waals surface area contributed by atoms with Crippen molar-refractivity contribution < 1.29 is 19.1 Å². The molecule has 0 unspecified atom stereocenters. The first-order valence-electron chi connectivity index (χ1n) is 5.14. The molecule has 0 aliphatic carbocycles. The van der Waals surface area contributed by atoms with Crippen LogP contribution in [0.3, 0.4) is 0 Å². The van der Waals surface area contributed by atoms with Crippen LogP contribution in [0.15, 0.2) is 12.4 Å². The number of hydrogen-bond donors (Lipinski definition) is 2. The van der Waals surface area contributed by atoms with Crippen molar-refractivity contribution in [3.63, 3.8) is 0 Å². The molecule has 0 aliphatic rings. The number of nitrogens with two attached hydrogens (primary N) is 1. The van der Waals surface area contributed by atoms with Crippen LogP contribution in [0.25, 0.3) is 0 Å². The van der Waals surface area contributed by atoms with Crippen LogP contribution in [-0.4, -0.2) is 48.7 Å². The molecule has 0 spiro atoms. The minimum Gasteiger partial charge on any atom is -0.451 e. The molecule has 1 rings (SSSR count). The first kappa shape index (κ1) is 13.8. The van der Waals surface area contributed by atoms with E-state index in [0.29, 0.717) is 13.2 Å². The van der Waals surface area contributed by atoms with Gasteiger partial charge in [0.1, 0.15) is 0 Å². The molecule has 1 heterocycles. The Kier molecular flexibility index (Phi) is 5.52. The minimum absolute atomic E-state index is 0.0395. The second-order valence-corrected chi connectivity index (χ2v) is 3.21. The molecular formula is C10H14N4O4. The number of hydrogen-bond acceptors (Lipinski definition) is 7. The second-order valence-electron chi connectivity index (χ2n) is 3.21. The molecule has 0 radical (unpaired) electrons. The largest absolute Gasteiger partial charge is 0.451 e. The molecule has 8 nitrogen and oxygen atoms in total. The van der Waals surface area contributed by atoms with Crippen molar-refractivity contribution in [3.8, 4) is 0 Å². The van der Waals surface area contributed by atoms with Crippen LogP contribution in [-0.2, 0) is 14.3 Å². The van der Waals surface area contributed by atoms with E-state index in [1.54, 1.807) is 0 Å². The average molecular weight is 254 g/mol. The summed E-state index contributed by atoms with van der Waals surface area (Å²) in [4.78, 5) is 30.1. The summed E-state index contributed by atoms with van der Waals surface area (Å²) in [5.41, 5.74) is 5.33. The van der Waals surface area contributed by atoms with Gasteiger partial charge in [-0.25, -0.2) is 14.8 Å². The number of aromatic nitrogens is 2. The smallest absolute Gasteiger partial charge is 0.361 e. The zero-order chi connectivity index (χ0) is 13.4. The van der Waals surface area contributed by atoms with Crippen LogP contribution in [0.1, 0.15) is 10.5 Å². The summed E-state index contributed by atoms with van der Waals surface area (Å²) in [6.07, 6.45) is 2.66. The van der Waals surface area contributed by atoms with Gasteiger partial charge in [0.2, 0.25) is 0 Å². The zero-order valence-corrected chi connectivity index (χ0v) is 9.88. The molecule has 0 bridgehead atoms. The van der Waals surface area contributed by atoms with Crippen LogP contribution in [0, 0.1) is 0 Å². The fourth-order valence-electron chi connectivity index (χ4n) is 1.05. The van der Waals surface area contributed by atoms with Gasteiger partial charge in [0, 0.05) is 26.0 Å². The van der Waals surface area contributed by atoms with E-state index >= 15 is 0 Å². The van der Waals surface area contributed by atoms with E-state index in [-0.39, 0.29) is 11.5 Å². The van der Waals surface area contributed by atoms with Crippen LogP contribution in [0.2, 0.25) is 0 Å². The highest BCUT2D eigenvalue weighted by molar-refractivity contribution is 5.93. The van der Waals surface area contributed by atoms with Gasteiger partial charge in [-0.15, -0.1) is 0 Å². The molecule has 3 N–H and O–H groups in total. The predicted molar refractivity (Wildman–Crippen MR) is 61.6 cm³/mol. The highest BCUT2D eigenvalue weighted by Gasteiger charge is 2.14. The molecule has 1 aromatic heterocycles. The van der Waals surface area contributed by atoms with Gasteiger partial charge in [-0.05, 0) is 0 Å². The number of methoxy groups -OCH3 is 1. The zero-order valence-electron chi connectivity index (χ0n) is 9.88. The number of nitrogens with one attached hydrogen (secondary N) is 1. The first-order chi connectivity index (χ1) is 8.65. The summed E-state index contributed by atoms with van der Waals surface area (Å²) in [7, 11) is 1.52. The molecule has 0 aromatic carbocycles. The fraction of sp³-hybridized carbons (Fsp3) is 0.400. The van der Waals surface area contributed by atoms with Gasteiger partial charge in [0.25, 0.3) is 5.91 Å². The third-order valence-electron chi connectivity index (χ3n) is 1.88. The number of amides is 1. The Morgan fingerprint density at radius 2 is 2.11 bits per heavy atom. The Balaban J connectivity index is 2.38. The summed E-state index contributed by atoms with van der Waals surface area (Å²) >= 11 is 0. The maximum Gasteiger partial charge on any atom is 0.361 e. The molecular weight excluding hydrogens is 240 g/mol. The molecule has 18 heavy (non-hydrogen) atoms. The van der Waals surface area contributed by atoms with Crippen molar-refractivity contribution in [1.29, 1.82) is 0 Å². The van der Waals surface area contributed by atoms with Crippen molar-refractivity contribution in [2.75, 3.05) is 32.6 Å². The maximum absolute atomic E-state index is 11.5. The molecule has 0 aliphatic heterocycles. The van der Waals surface area contributed by atoms with Gasteiger partial charge >= 0.3 is 5.97 Å². The molecule has 0 saturated heterocycles. The summed E-state index contributed by atoms with van der Waals surface area (Å²) in [5, 5.41) is 2.50. The topological polar surface area (TPSA) is 116 Å². The van der Waals surface area contributed by atoms with Gasteiger partial charge in [-0.2, -0.15) is 0 Å². The predicted octanol–water partition coefficient (Wildman–Crippen LogP) is -1.02. The Bertz CT molecular complexity index is 424. The molecule has 0 atom stereocenters. The Hall–Kier alpha value is -2.22. The van der Waals surface area contributed by atoms with E-state index in [1.165, 1.54) is 19.5 Å². The van der Waals surface area contributed by atoms with Crippen molar-refractivity contribution in [2.24, 2.45) is 0 Å². The Morgan fingerprint density at radius 1 is 1.39 bits per heavy atom. The van der Waals surface area contributed by atoms with Crippen molar-refractivity contribution in [3.05, 3.63) is 18.1 Å². The Labute approximate surface area is 104 Å². The van der Waals surface area contributed by atoms with Crippen molar-refractivity contribution in [1.82, 2.24) is 15.3 Å². The SMILES string of the molecule is COCCNC(=O)COC(=O)c1nccnc1N. The van der Waals surface area contributed by atoms with Crippen LogP contribution < -0.4 is 11.1 Å². The lowest BCUT2D eigenvalue weighted by molar-refractivity contribution is -0.124. The number of ether oxygens (including phenoxy) is 2. The van der Waals surface area contributed by atoms with Gasteiger partial charge in [0.15, 0.2) is 18.1 Å². The first-order valence-corrected chi connectivity index (χ1v) is 5.14. The lowest BCUT2D eigenvalue weighted by Crippen LogP contribution is -2.31. The molecule has 1 amide bonds. The standard InChI is InChI=1S/C10H14N4O4/c1-17-5-4-12-7(15)6-18-10(16)8-9(11)14-3-2-13-8/h2-3H,4-6H2,1H3,(H2,11,14)(H,12,15). The summed E-state index contributed by atoms with van der Waals surface area (Å²) in [5.74, 6) is -1.26. The second kappa shape index (κ2) is 7.17. The third kappa shape index (κ3) is 4.34. The quantitative estimate of drug-likeness (QED) is 0.493. The van der Waals surface area contributed by atoms with E-state index in [9.17, 15) is 9.59 Å². The van der Waals surface area contributed by atoms with Gasteiger partial charge < -0.3 is 20.5 Å². The number of rotatable bonds is 6. The van der Waals surface area contributed by atoms with Gasteiger partial charge in [-0.3, -0.25) is 4.79 Å². The van der Waals surface area contributed by atoms with Crippen LogP contribution in [0.4, 0.5) is 5.82 Å². The third-order valence-corrected chi connectivity index (χ3v) is 1.88. The molecule has 1 aromatic rings. The van der Waals surface area contributed by atoms with E-state index in [1.807, 2.05) is 0 Å². The van der Waals surface area contributed by atoms with Crippen molar-refractivity contribution >= 4 is 17.7 Å². The number of carbonyl (C=O) groups is 2. The van der Waals surface area contributed by atoms with Crippen LogP contribution >= 0.6 is 0 Å². The molecule has 8 heteroatoms. The van der Waals surface area contributed by atoms with E-state index in [2.05, 4.69) is 15.3 Å². The molecule has 0 fully saturated rings. The summed E-state index contributed by atoms with van der Waals surface area (Å²) in [6, 6.07) is 0. The lowest BCUT2D eigenvalue weighted by Gasteiger charge is -2.06. The normalized spacial score (nSPS) is 9.83. The number of nitrogen functional groups attached to an aromatic ring is 1. The highest BCUT2D eigenvalue weighted by atomic mass is 16.5. The lowest BCUT2D eigenvalue weighted by atomic mass is 10.4. The highest BCUT2D eigenvalue weighted by Crippen LogP contribution is 2.04. The maximum atomic E-state index is 11.5. The van der Waals surface area contributed by atoms with E-state index < -0.39 is 18.5 Å². The average Bonchev–Trinajstić information content (AvgIpc) is 2.37. The molecule has 98 valence electrons. The molecule has 0 saturated carbocycles. The van der Waals surface area contributed by atoms with Crippen LogP contribution in [0.5, 0.6) is 0 Å². The minimum atomic E-state index is -0.789. The fourth-order valence-corrected chi connectivity index (χ4v) is 1.05. The van der Waals surface area contributed by atoms with Gasteiger partial charge in [0.05, 0.1) is 6.61 Å². The van der Waals surface area contributed by atoms with Gasteiger partial charge in [-0.1, -0.05) is 0 Å². The summed E-state index contributed by atoms with van der Waals surface area (Å²) < 4.78 is 9.47. The van der Waals surface area contributed by atoms with E-state index in [0.717, 1.165) is 0 Å².